The van der Waals surface area contributed by atoms with Gasteiger partial charge in [0.25, 0.3) is 0 Å². The molecule has 0 bridgehead atoms. The molecule has 0 amide bonds. The van der Waals surface area contributed by atoms with Gasteiger partial charge in [0.05, 0.1) is 12.0 Å². The van der Waals surface area contributed by atoms with Crippen LogP contribution in [0.4, 0.5) is 13.2 Å². The van der Waals surface area contributed by atoms with Crippen LogP contribution in [0.15, 0.2) is 0 Å². The molecule has 2 fully saturated rings. The van der Waals surface area contributed by atoms with Gasteiger partial charge in [0.15, 0.2) is 0 Å². The second-order valence-corrected chi connectivity index (χ2v) is 5.37. The van der Waals surface area contributed by atoms with Crippen molar-refractivity contribution >= 4 is 0 Å². The number of nitrogens with zero attached hydrogens (tertiary/aromatic N) is 1. The Kier molecular flexibility index (Phi) is 3.98. The lowest BCUT2D eigenvalue weighted by atomic mass is 9.95. The maximum atomic E-state index is 12.5. The largest absolute Gasteiger partial charge is 0.393 e. The Hall–Kier alpha value is -0.290. The summed E-state index contributed by atoms with van der Waals surface area (Å²) in [5.41, 5.74) is 0. The van der Waals surface area contributed by atoms with Crippen LogP contribution in [0.1, 0.15) is 32.1 Å². The Morgan fingerprint density at radius 1 is 1.06 bits per heavy atom. The van der Waals surface area contributed by atoms with Gasteiger partial charge in [-0.1, -0.05) is 6.42 Å². The predicted molar refractivity (Wildman–Crippen MR) is 58.6 cm³/mol. The van der Waals surface area contributed by atoms with E-state index in [2.05, 4.69) is 4.90 Å². The van der Waals surface area contributed by atoms with Crippen molar-refractivity contribution in [1.82, 2.24) is 4.90 Å². The van der Waals surface area contributed by atoms with Gasteiger partial charge < -0.3 is 10.0 Å². The summed E-state index contributed by atoms with van der Waals surface area (Å²) >= 11 is 0. The predicted octanol–water partition coefficient (Wildman–Crippen LogP) is 2.42. The molecule has 0 aromatic rings. The Morgan fingerprint density at radius 2 is 1.71 bits per heavy atom. The van der Waals surface area contributed by atoms with E-state index in [9.17, 15) is 18.3 Å². The standard InChI is InChI=1S/C12H20F3NO/c13-12(14,15)10-4-6-16(7-5-10)8-9-2-1-3-11(9)17/h9-11,17H,1-8H2. The lowest BCUT2D eigenvalue weighted by molar-refractivity contribution is -0.185. The highest BCUT2D eigenvalue weighted by molar-refractivity contribution is 4.83. The number of aliphatic hydroxyl groups excluding tert-OH is 1. The van der Waals surface area contributed by atoms with Crippen LogP contribution in [0.25, 0.3) is 0 Å². The average Bonchev–Trinajstić information content (AvgIpc) is 2.64. The summed E-state index contributed by atoms with van der Waals surface area (Å²) < 4.78 is 37.4. The quantitative estimate of drug-likeness (QED) is 0.814. The van der Waals surface area contributed by atoms with Crippen molar-refractivity contribution in [2.45, 2.75) is 44.4 Å². The smallest absolute Gasteiger partial charge is 0.391 e. The third kappa shape index (κ3) is 3.35. The van der Waals surface area contributed by atoms with Crippen LogP contribution in [0.5, 0.6) is 0 Å². The highest BCUT2D eigenvalue weighted by Crippen LogP contribution is 2.35. The molecular formula is C12H20F3NO. The third-order valence-electron chi connectivity index (χ3n) is 4.16. The molecule has 1 saturated carbocycles. The van der Waals surface area contributed by atoms with Crippen LogP contribution in [0.3, 0.4) is 0 Å². The SMILES string of the molecule is OC1CCCC1CN1CCC(C(F)(F)F)CC1. The van der Waals surface area contributed by atoms with Gasteiger partial charge in [-0.2, -0.15) is 13.2 Å². The molecule has 1 aliphatic carbocycles. The maximum Gasteiger partial charge on any atom is 0.391 e. The van der Waals surface area contributed by atoms with Crippen molar-refractivity contribution in [3.05, 3.63) is 0 Å². The molecule has 2 nitrogen and oxygen atoms in total. The molecule has 2 unspecified atom stereocenters. The van der Waals surface area contributed by atoms with Crippen molar-refractivity contribution in [1.29, 1.82) is 0 Å². The first kappa shape index (κ1) is 13.1. The van der Waals surface area contributed by atoms with E-state index in [1.165, 1.54) is 0 Å². The monoisotopic (exact) mass is 251 g/mol. The number of hydrogen-bond acceptors (Lipinski definition) is 2. The summed E-state index contributed by atoms with van der Waals surface area (Å²) in [6.07, 6.45) is -0.928. The van der Waals surface area contributed by atoms with Gasteiger partial charge in [-0.05, 0) is 44.7 Å². The minimum atomic E-state index is -4.03. The van der Waals surface area contributed by atoms with Crippen molar-refractivity contribution < 1.29 is 18.3 Å². The van der Waals surface area contributed by atoms with E-state index in [0.29, 0.717) is 13.1 Å². The number of hydrogen-bond donors (Lipinski definition) is 1. The van der Waals surface area contributed by atoms with E-state index in [1.54, 1.807) is 0 Å². The minimum absolute atomic E-state index is 0.215. The van der Waals surface area contributed by atoms with Gasteiger partial charge >= 0.3 is 6.18 Å². The number of likely N-dealkylation sites (tertiary alicyclic amines) is 1. The number of rotatable bonds is 2. The molecule has 2 rings (SSSR count). The zero-order valence-electron chi connectivity index (χ0n) is 9.92. The molecule has 0 spiro atoms. The highest BCUT2D eigenvalue weighted by Gasteiger charge is 2.41. The molecule has 1 aliphatic heterocycles. The molecule has 0 aromatic heterocycles. The van der Waals surface area contributed by atoms with Crippen molar-refractivity contribution in [3.63, 3.8) is 0 Å². The van der Waals surface area contributed by atoms with Crippen LogP contribution in [0.2, 0.25) is 0 Å². The summed E-state index contributed by atoms with van der Waals surface area (Å²) in [5.74, 6) is -0.843. The second-order valence-electron chi connectivity index (χ2n) is 5.37. The Bertz CT molecular complexity index is 249. The zero-order valence-corrected chi connectivity index (χ0v) is 9.92. The van der Waals surface area contributed by atoms with Crippen molar-refractivity contribution in [3.8, 4) is 0 Å². The summed E-state index contributed by atoms with van der Waals surface area (Å²) in [7, 11) is 0. The van der Waals surface area contributed by atoms with Crippen LogP contribution < -0.4 is 0 Å². The molecule has 17 heavy (non-hydrogen) atoms. The Labute approximate surface area is 99.8 Å². The van der Waals surface area contributed by atoms with E-state index in [1.807, 2.05) is 0 Å². The first-order valence-electron chi connectivity index (χ1n) is 6.44. The number of halogens is 3. The van der Waals surface area contributed by atoms with E-state index < -0.39 is 12.1 Å². The molecule has 1 saturated heterocycles. The summed E-state index contributed by atoms with van der Waals surface area (Å²) in [6, 6.07) is 0. The van der Waals surface area contributed by atoms with E-state index in [4.69, 9.17) is 0 Å². The van der Waals surface area contributed by atoms with E-state index >= 15 is 0 Å². The van der Waals surface area contributed by atoms with Crippen molar-refractivity contribution in [2.24, 2.45) is 11.8 Å². The first-order chi connectivity index (χ1) is 7.97. The van der Waals surface area contributed by atoms with Gasteiger partial charge in [-0.3, -0.25) is 0 Å². The fraction of sp³-hybridized carbons (Fsp3) is 1.00. The topological polar surface area (TPSA) is 23.5 Å². The van der Waals surface area contributed by atoms with Crippen LogP contribution in [0, 0.1) is 11.8 Å². The minimum Gasteiger partial charge on any atom is -0.393 e. The van der Waals surface area contributed by atoms with Crippen LogP contribution >= 0.6 is 0 Å². The fourth-order valence-electron chi connectivity index (χ4n) is 3.00. The third-order valence-corrected chi connectivity index (χ3v) is 4.16. The normalized spacial score (nSPS) is 33.2. The molecule has 100 valence electrons. The molecule has 5 heteroatoms. The molecule has 2 aliphatic rings. The average molecular weight is 251 g/mol. The van der Waals surface area contributed by atoms with Crippen LogP contribution in [-0.2, 0) is 0 Å². The summed E-state index contributed by atoms with van der Waals surface area (Å²) in [4.78, 5) is 2.08. The van der Waals surface area contributed by atoms with Gasteiger partial charge in [0, 0.05) is 6.54 Å². The molecule has 1 heterocycles. The molecule has 0 radical (unpaired) electrons. The van der Waals surface area contributed by atoms with Gasteiger partial charge in [-0.15, -0.1) is 0 Å². The summed E-state index contributed by atoms with van der Waals surface area (Å²) in [6.45, 7) is 1.81. The highest BCUT2D eigenvalue weighted by atomic mass is 19.4. The zero-order chi connectivity index (χ0) is 12.5. The molecule has 1 N–H and O–H groups in total. The Balaban J connectivity index is 1.76. The van der Waals surface area contributed by atoms with Crippen molar-refractivity contribution in [2.75, 3.05) is 19.6 Å². The summed E-state index contributed by atoms with van der Waals surface area (Å²) in [5, 5.41) is 9.69. The lowest BCUT2D eigenvalue weighted by Gasteiger charge is -2.34. The maximum absolute atomic E-state index is 12.5. The molecule has 2 atom stereocenters. The number of alkyl halides is 3. The lowest BCUT2D eigenvalue weighted by Crippen LogP contribution is -2.42. The van der Waals surface area contributed by atoms with Gasteiger partial charge in [-0.25, -0.2) is 0 Å². The van der Waals surface area contributed by atoms with Gasteiger partial charge in [0.1, 0.15) is 0 Å². The molecule has 0 aromatic carbocycles. The number of aliphatic hydroxyl groups is 1. The number of piperidine rings is 1. The van der Waals surface area contributed by atoms with Gasteiger partial charge in [0.2, 0.25) is 0 Å². The van der Waals surface area contributed by atoms with E-state index in [-0.39, 0.29) is 24.9 Å². The van der Waals surface area contributed by atoms with Crippen LogP contribution in [-0.4, -0.2) is 41.9 Å². The fourth-order valence-corrected chi connectivity index (χ4v) is 3.00. The van der Waals surface area contributed by atoms with E-state index in [0.717, 1.165) is 25.8 Å². The molecular weight excluding hydrogens is 231 g/mol. The first-order valence-corrected chi connectivity index (χ1v) is 6.44. The second kappa shape index (κ2) is 5.14. The Morgan fingerprint density at radius 3 is 2.18 bits per heavy atom.